The van der Waals surface area contributed by atoms with Crippen LogP contribution < -0.4 is 11.1 Å². The molecule has 0 aromatic heterocycles. The van der Waals surface area contributed by atoms with Gasteiger partial charge in [-0.05, 0) is 59.7 Å². The number of hydrogen-bond acceptors (Lipinski definition) is 3. The molecule has 2 unspecified atom stereocenters. The minimum absolute atomic E-state index is 0.00239. The average molecular weight is 255 g/mol. The molecule has 4 nitrogen and oxygen atoms in total. The number of rotatable bonds is 5. The highest BCUT2D eigenvalue weighted by molar-refractivity contribution is 5.78. The summed E-state index contributed by atoms with van der Waals surface area (Å²) >= 11 is 0. The van der Waals surface area contributed by atoms with Gasteiger partial charge in [0.25, 0.3) is 0 Å². The van der Waals surface area contributed by atoms with Crippen LogP contribution in [0.2, 0.25) is 0 Å². The maximum Gasteiger partial charge on any atom is 0.223 e. The van der Waals surface area contributed by atoms with Gasteiger partial charge in [-0.3, -0.25) is 4.79 Å². The van der Waals surface area contributed by atoms with Crippen molar-refractivity contribution in [3.05, 3.63) is 0 Å². The van der Waals surface area contributed by atoms with E-state index in [-0.39, 0.29) is 17.4 Å². The molecule has 0 saturated heterocycles. The van der Waals surface area contributed by atoms with E-state index in [0.717, 1.165) is 19.3 Å². The third-order valence-electron chi connectivity index (χ3n) is 4.39. The fourth-order valence-corrected chi connectivity index (χ4v) is 2.35. The largest absolute Gasteiger partial charge is 0.354 e. The molecular weight excluding hydrogens is 226 g/mol. The van der Waals surface area contributed by atoms with Crippen LogP contribution in [0.25, 0.3) is 0 Å². The van der Waals surface area contributed by atoms with Gasteiger partial charge >= 0.3 is 0 Å². The summed E-state index contributed by atoms with van der Waals surface area (Å²) in [6, 6.07) is 0. The van der Waals surface area contributed by atoms with E-state index < -0.39 is 0 Å². The molecule has 1 rings (SSSR count). The molecule has 0 aliphatic heterocycles. The van der Waals surface area contributed by atoms with Crippen molar-refractivity contribution in [1.82, 2.24) is 10.2 Å². The third-order valence-corrected chi connectivity index (χ3v) is 4.39. The van der Waals surface area contributed by atoms with Crippen molar-refractivity contribution in [2.75, 3.05) is 27.2 Å². The lowest BCUT2D eigenvalue weighted by molar-refractivity contribution is -0.126. The SMILES string of the molecule is CN(C)C(C)(C)CNC(=O)C1CCCC(CN)C1. The lowest BCUT2D eigenvalue weighted by Crippen LogP contribution is -2.49. The molecule has 0 aromatic rings. The molecule has 18 heavy (non-hydrogen) atoms. The minimum atomic E-state index is -0.00239. The van der Waals surface area contributed by atoms with Gasteiger partial charge in [-0.2, -0.15) is 0 Å². The van der Waals surface area contributed by atoms with Crippen molar-refractivity contribution in [3.8, 4) is 0 Å². The van der Waals surface area contributed by atoms with Gasteiger partial charge in [-0.15, -0.1) is 0 Å². The quantitative estimate of drug-likeness (QED) is 0.776. The Bertz CT molecular complexity index is 276. The highest BCUT2D eigenvalue weighted by atomic mass is 16.1. The maximum atomic E-state index is 12.2. The molecule has 0 aromatic carbocycles. The van der Waals surface area contributed by atoms with Crippen LogP contribution in [-0.2, 0) is 4.79 Å². The zero-order valence-corrected chi connectivity index (χ0v) is 12.3. The minimum Gasteiger partial charge on any atom is -0.354 e. The topological polar surface area (TPSA) is 58.4 Å². The number of nitrogens with one attached hydrogen (secondary N) is 1. The first-order chi connectivity index (χ1) is 8.36. The Labute approximate surface area is 111 Å². The molecule has 0 heterocycles. The van der Waals surface area contributed by atoms with Gasteiger partial charge in [-0.25, -0.2) is 0 Å². The number of nitrogens with zero attached hydrogens (tertiary/aromatic N) is 1. The first-order valence-electron chi connectivity index (χ1n) is 7.02. The standard InChI is InChI=1S/C14H29N3O/c1-14(2,17(3)4)10-16-13(18)12-7-5-6-11(8-12)9-15/h11-12H,5-10,15H2,1-4H3,(H,16,18). The van der Waals surface area contributed by atoms with Crippen LogP contribution in [0.5, 0.6) is 0 Å². The van der Waals surface area contributed by atoms with Gasteiger partial charge in [0.2, 0.25) is 5.91 Å². The predicted octanol–water partition coefficient (Wildman–Crippen LogP) is 1.21. The van der Waals surface area contributed by atoms with Crippen molar-refractivity contribution < 1.29 is 4.79 Å². The predicted molar refractivity (Wildman–Crippen MR) is 75.3 cm³/mol. The van der Waals surface area contributed by atoms with E-state index in [9.17, 15) is 4.79 Å². The van der Waals surface area contributed by atoms with Gasteiger partial charge in [0, 0.05) is 18.0 Å². The molecule has 1 fully saturated rings. The fraction of sp³-hybridized carbons (Fsp3) is 0.929. The summed E-state index contributed by atoms with van der Waals surface area (Å²) in [6.45, 7) is 5.68. The Morgan fingerprint density at radius 3 is 2.61 bits per heavy atom. The Kier molecular flexibility index (Phi) is 5.60. The van der Waals surface area contributed by atoms with E-state index >= 15 is 0 Å². The summed E-state index contributed by atoms with van der Waals surface area (Å²) in [6.07, 6.45) is 4.30. The molecule has 0 spiro atoms. The van der Waals surface area contributed by atoms with Gasteiger partial charge < -0.3 is 16.0 Å². The smallest absolute Gasteiger partial charge is 0.223 e. The van der Waals surface area contributed by atoms with E-state index in [1.54, 1.807) is 0 Å². The Morgan fingerprint density at radius 1 is 1.39 bits per heavy atom. The molecule has 1 aliphatic carbocycles. The molecule has 3 N–H and O–H groups in total. The number of hydrogen-bond donors (Lipinski definition) is 2. The summed E-state index contributed by atoms with van der Waals surface area (Å²) in [5.41, 5.74) is 5.71. The van der Waals surface area contributed by atoms with Crippen LogP contribution in [0.4, 0.5) is 0 Å². The number of nitrogens with two attached hydrogens (primary N) is 1. The summed E-state index contributed by atoms with van der Waals surface area (Å²) in [5, 5.41) is 3.10. The van der Waals surface area contributed by atoms with Crippen LogP contribution >= 0.6 is 0 Å². The van der Waals surface area contributed by atoms with Crippen molar-refractivity contribution in [2.45, 2.75) is 45.1 Å². The van der Waals surface area contributed by atoms with E-state index in [1.807, 2.05) is 14.1 Å². The molecule has 1 amide bonds. The van der Waals surface area contributed by atoms with E-state index in [1.165, 1.54) is 6.42 Å². The normalized spacial score (nSPS) is 25.2. The van der Waals surface area contributed by atoms with Crippen LogP contribution in [0, 0.1) is 11.8 Å². The second-order valence-electron chi connectivity index (χ2n) is 6.39. The zero-order chi connectivity index (χ0) is 13.8. The molecule has 106 valence electrons. The Morgan fingerprint density at radius 2 is 2.06 bits per heavy atom. The number of likely N-dealkylation sites (N-methyl/N-ethyl adjacent to an activating group) is 1. The third kappa shape index (κ3) is 4.25. The van der Waals surface area contributed by atoms with Gasteiger partial charge in [0.15, 0.2) is 0 Å². The zero-order valence-electron chi connectivity index (χ0n) is 12.3. The van der Waals surface area contributed by atoms with Gasteiger partial charge in [-0.1, -0.05) is 6.42 Å². The Hall–Kier alpha value is -0.610. The summed E-state index contributed by atoms with van der Waals surface area (Å²) in [7, 11) is 4.08. The molecule has 4 heteroatoms. The number of carbonyl (C=O) groups is 1. The second-order valence-corrected chi connectivity index (χ2v) is 6.39. The first kappa shape index (κ1) is 15.4. The van der Waals surface area contributed by atoms with Gasteiger partial charge in [0.05, 0.1) is 0 Å². The van der Waals surface area contributed by atoms with E-state index in [2.05, 4.69) is 24.1 Å². The fourth-order valence-electron chi connectivity index (χ4n) is 2.35. The lowest BCUT2D eigenvalue weighted by atomic mass is 9.81. The summed E-state index contributed by atoms with van der Waals surface area (Å²) in [4.78, 5) is 14.3. The lowest BCUT2D eigenvalue weighted by Gasteiger charge is -2.34. The molecule has 2 atom stereocenters. The van der Waals surface area contributed by atoms with Crippen LogP contribution in [0.3, 0.4) is 0 Å². The Balaban J connectivity index is 2.41. The average Bonchev–Trinajstić information content (AvgIpc) is 2.36. The van der Waals surface area contributed by atoms with Crippen molar-refractivity contribution in [3.63, 3.8) is 0 Å². The summed E-state index contributed by atoms with van der Waals surface area (Å²) in [5.74, 6) is 0.921. The van der Waals surface area contributed by atoms with Crippen molar-refractivity contribution in [2.24, 2.45) is 17.6 Å². The van der Waals surface area contributed by atoms with E-state index in [0.29, 0.717) is 19.0 Å². The molecule has 0 bridgehead atoms. The monoisotopic (exact) mass is 255 g/mol. The van der Waals surface area contributed by atoms with Crippen LogP contribution in [-0.4, -0.2) is 43.5 Å². The van der Waals surface area contributed by atoms with Crippen LogP contribution in [0.15, 0.2) is 0 Å². The molecular formula is C14H29N3O. The van der Waals surface area contributed by atoms with Crippen molar-refractivity contribution in [1.29, 1.82) is 0 Å². The van der Waals surface area contributed by atoms with Crippen LogP contribution in [0.1, 0.15) is 39.5 Å². The number of amides is 1. The van der Waals surface area contributed by atoms with Gasteiger partial charge in [0.1, 0.15) is 0 Å². The first-order valence-corrected chi connectivity index (χ1v) is 7.02. The van der Waals surface area contributed by atoms with E-state index in [4.69, 9.17) is 5.73 Å². The number of carbonyl (C=O) groups excluding carboxylic acids is 1. The highest BCUT2D eigenvalue weighted by Crippen LogP contribution is 2.28. The molecule has 1 saturated carbocycles. The maximum absolute atomic E-state index is 12.2. The highest BCUT2D eigenvalue weighted by Gasteiger charge is 2.28. The van der Waals surface area contributed by atoms with Crippen molar-refractivity contribution >= 4 is 5.91 Å². The second kappa shape index (κ2) is 6.53. The molecule has 0 radical (unpaired) electrons. The summed E-state index contributed by atoms with van der Waals surface area (Å²) < 4.78 is 0. The molecule has 1 aliphatic rings.